The van der Waals surface area contributed by atoms with Crippen molar-refractivity contribution in [1.29, 1.82) is 0 Å². The summed E-state index contributed by atoms with van der Waals surface area (Å²) in [5.41, 5.74) is 3.71. The first-order chi connectivity index (χ1) is 7.25. The van der Waals surface area contributed by atoms with Gasteiger partial charge in [0, 0.05) is 12.2 Å². The predicted molar refractivity (Wildman–Crippen MR) is 60.4 cm³/mol. The van der Waals surface area contributed by atoms with E-state index < -0.39 is 5.97 Å². The lowest BCUT2D eigenvalue weighted by atomic mass is 10.3. The SMILES string of the molecule is O=C(O)CCNc1ccc2ncsc2c1. The van der Waals surface area contributed by atoms with Crippen LogP contribution in [0, 0.1) is 0 Å². The molecule has 1 aromatic heterocycles. The number of thiazole rings is 1. The number of aromatic nitrogens is 1. The number of fused-ring (bicyclic) bond motifs is 1. The van der Waals surface area contributed by atoms with Gasteiger partial charge in [-0.1, -0.05) is 0 Å². The molecule has 0 spiro atoms. The van der Waals surface area contributed by atoms with Crippen molar-refractivity contribution < 1.29 is 9.90 Å². The van der Waals surface area contributed by atoms with Gasteiger partial charge in [0.1, 0.15) is 0 Å². The van der Waals surface area contributed by atoms with E-state index in [1.807, 2.05) is 18.2 Å². The molecule has 1 aromatic carbocycles. The van der Waals surface area contributed by atoms with Gasteiger partial charge in [-0.3, -0.25) is 4.79 Å². The van der Waals surface area contributed by atoms with E-state index >= 15 is 0 Å². The monoisotopic (exact) mass is 222 g/mol. The molecule has 2 aromatic rings. The maximum absolute atomic E-state index is 10.3. The van der Waals surface area contributed by atoms with Gasteiger partial charge in [-0.15, -0.1) is 11.3 Å². The van der Waals surface area contributed by atoms with Gasteiger partial charge in [-0.2, -0.15) is 0 Å². The molecule has 4 nitrogen and oxygen atoms in total. The Morgan fingerprint density at radius 1 is 1.53 bits per heavy atom. The number of hydrogen-bond donors (Lipinski definition) is 2. The normalized spacial score (nSPS) is 10.4. The maximum Gasteiger partial charge on any atom is 0.305 e. The van der Waals surface area contributed by atoms with Crippen molar-refractivity contribution in [1.82, 2.24) is 4.98 Å². The van der Waals surface area contributed by atoms with Crippen molar-refractivity contribution in [2.45, 2.75) is 6.42 Å². The van der Waals surface area contributed by atoms with Crippen LogP contribution in [0.4, 0.5) is 5.69 Å². The Morgan fingerprint density at radius 3 is 3.20 bits per heavy atom. The van der Waals surface area contributed by atoms with Crippen LogP contribution in [0.15, 0.2) is 23.7 Å². The molecule has 2 N–H and O–H groups in total. The number of carboxylic acids is 1. The first-order valence-corrected chi connectivity index (χ1v) is 5.42. The number of benzene rings is 1. The first kappa shape index (κ1) is 9.92. The van der Waals surface area contributed by atoms with E-state index in [9.17, 15) is 4.79 Å². The fourth-order valence-corrected chi connectivity index (χ4v) is 2.00. The molecule has 0 aliphatic carbocycles. The summed E-state index contributed by atoms with van der Waals surface area (Å²) in [6.07, 6.45) is 0.126. The molecule has 5 heteroatoms. The molecule has 0 aliphatic heterocycles. The van der Waals surface area contributed by atoms with E-state index in [1.54, 1.807) is 16.8 Å². The second kappa shape index (κ2) is 4.27. The lowest BCUT2D eigenvalue weighted by Crippen LogP contribution is -2.07. The number of carboxylic acid groups (broad SMARTS) is 1. The van der Waals surface area contributed by atoms with Crippen LogP contribution in [0.3, 0.4) is 0 Å². The van der Waals surface area contributed by atoms with Crippen LogP contribution in [0.2, 0.25) is 0 Å². The summed E-state index contributed by atoms with van der Waals surface area (Å²) >= 11 is 1.57. The first-order valence-electron chi connectivity index (χ1n) is 4.54. The Bertz CT molecular complexity index is 481. The third kappa shape index (κ3) is 2.44. The molecule has 0 saturated heterocycles. The fourth-order valence-electron chi connectivity index (χ4n) is 1.28. The zero-order valence-electron chi connectivity index (χ0n) is 7.93. The summed E-state index contributed by atoms with van der Waals surface area (Å²) < 4.78 is 1.11. The Hall–Kier alpha value is -1.62. The molecule has 0 fully saturated rings. The van der Waals surface area contributed by atoms with E-state index in [4.69, 9.17) is 5.11 Å². The fraction of sp³-hybridized carbons (Fsp3) is 0.200. The molecule has 0 aliphatic rings. The molecule has 2 rings (SSSR count). The van der Waals surface area contributed by atoms with Crippen LogP contribution in [0.25, 0.3) is 10.2 Å². The molecule has 0 unspecified atom stereocenters. The highest BCUT2D eigenvalue weighted by atomic mass is 32.1. The molecule has 0 atom stereocenters. The van der Waals surface area contributed by atoms with Gasteiger partial charge < -0.3 is 10.4 Å². The Labute approximate surface area is 90.6 Å². The van der Waals surface area contributed by atoms with Gasteiger partial charge >= 0.3 is 5.97 Å². The molecule has 0 saturated carbocycles. The zero-order valence-corrected chi connectivity index (χ0v) is 8.75. The zero-order chi connectivity index (χ0) is 10.7. The van der Waals surface area contributed by atoms with Gasteiger partial charge in [-0.05, 0) is 18.2 Å². The quantitative estimate of drug-likeness (QED) is 0.832. The highest BCUT2D eigenvalue weighted by molar-refractivity contribution is 7.16. The van der Waals surface area contributed by atoms with E-state index in [-0.39, 0.29) is 6.42 Å². The lowest BCUT2D eigenvalue weighted by molar-refractivity contribution is -0.136. The number of carbonyl (C=O) groups is 1. The lowest BCUT2D eigenvalue weighted by Gasteiger charge is -2.03. The average molecular weight is 222 g/mol. The summed E-state index contributed by atoms with van der Waals surface area (Å²) in [5.74, 6) is -0.790. The van der Waals surface area contributed by atoms with Crippen molar-refractivity contribution in [3.05, 3.63) is 23.7 Å². The van der Waals surface area contributed by atoms with E-state index in [2.05, 4.69) is 10.3 Å². The van der Waals surface area contributed by atoms with E-state index in [1.165, 1.54) is 0 Å². The second-order valence-corrected chi connectivity index (χ2v) is 3.99. The third-order valence-corrected chi connectivity index (χ3v) is 2.79. The van der Waals surface area contributed by atoms with Crippen LogP contribution in [-0.2, 0) is 4.79 Å². The highest BCUT2D eigenvalue weighted by Crippen LogP contribution is 2.21. The molecule has 78 valence electrons. The van der Waals surface area contributed by atoms with Crippen molar-refractivity contribution >= 4 is 33.2 Å². The van der Waals surface area contributed by atoms with Crippen molar-refractivity contribution in [2.24, 2.45) is 0 Å². The van der Waals surface area contributed by atoms with Gasteiger partial charge in [0.15, 0.2) is 0 Å². The summed E-state index contributed by atoms with van der Waals surface area (Å²) in [6.45, 7) is 0.444. The smallest absolute Gasteiger partial charge is 0.305 e. The van der Waals surface area contributed by atoms with Crippen LogP contribution >= 0.6 is 11.3 Å². The molecule has 0 amide bonds. The Morgan fingerprint density at radius 2 is 2.40 bits per heavy atom. The van der Waals surface area contributed by atoms with Crippen molar-refractivity contribution in [2.75, 3.05) is 11.9 Å². The highest BCUT2D eigenvalue weighted by Gasteiger charge is 1.99. The van der Waals surface area contributed by atoms with Crippen molar-refractivity contribution in [3.8, 4) is 0 Å². The Balaban J connectivity index is 2.04. The minimum atomic E-state index is -0.790. The van der Waals surface area contributed by atoms with Crippen molar-refractivity contribution in [3.63, 3.8) is 0 Å². The molecular formula is C10H10N2O2S. The number of hydrogen-bond acceptors (Lipinski definition) is 4. The largest absolute Gasteiger partial charge is 0.481 e. The average Bonchev–Trinajstić information content (AvgIpc) is 2.64. The summed E-state index contributed by atoms with van der Waals surface area (Å²) in [4.78, 5) is 14.5. The number of nitrogens with one attached hydrogen (secondary N) is 1. The van der Waals surface area contributed by atoms with Gasteiger partial charge in [0.05, 0.1) is 22.1 Å². The third-order valence-electron chi connectivity index (χ3n) is 2.00. The minimum Gasteiger partial charge on any atom is -0.481 e. The minimum absolute atomic E-state index is 0.126. The molecular weight excluding hydrogens is 212 g/mol. The summed E-state index contributed by atoms with van der Waals surface area (Å²) in [6, 6.07) is 5.81. The number of anilines is 1. The molecule has 0 radical (unpaired) electrons. The number of aliphatic carboxylic acids is 1. The summed E-state index contributed by atoms with van der Waals surface area (Å²) in [5, 5.41) is 11.5. The topological polar surface area (TPSA) is 62.2 Å². The van der Waals surface area contributed by atoms with Gasteiger partial charge in [-0.25, -0.2) is 4.98 Å². The van der Waals surface area contributed by atoms with Crippen LogP contribution < -0.4 is 5.32 Å². The Kier molecular flexibility index (Phi) is 2.82. The maximum atomic E-state index is 10.3. The van der Waals surface area contributed by atoms with Gasteiger partial charge in [0.2, 0.25) is 0 Å². The van der Waals surface area contributed by atoms with E-state index in [0.717, 1.165) is 15.9 Å². The van der Waals surface area contributed by atoms with Gasteiger partial charge in [0.25, 0.3) is 0 Å². The molecule has 1 heterocycles. The van der Waals surface area contributed by atoms with Crippen LogP contribution in [-0.4, -0.2) is 22.6 Å². The summed E-state index contributed by atoms with van der Waals surface area (Å²) in [7, 11) is 0. The molecule has 15 heavy (non-hydrogen) atoms. The van der Waals surface area contributed by atoms with E-state index in [0.29, 0.717) is 6.54 Å². The van der Waals surface area contributed by atoms with Crippen LogP contribution in [0.5, 0.6) is 0 Å². The van der Waals surface area contributed by atoms with Crippen LogP contribution in [0.1, 0.15) is 6.42 Å². The second-order valence-electron chi connectivity index (χ2n) is 3.11. The number of nitrogens with zero attached hydrogens (tertiary/aromatic N) is 1. The molecule has 0 bridgehead atoms. The predicted octanol–water partition coefficient (Wildman–Crippen LogP) is 2.18. The number of rotatable bonds is 4. The standard InChI is InChI=1S/C10H10N2O2S/c13-10(14)3-4-11-7-1-2-8-9(5-7)15-6-12-8/h1-2,5-6,11H,3-4H2,(H,13,14).